The van der Waals surface area contributed by atoms with Crippen molar-refractivity contribution in [1.29, 1.82) is 0 Å². The molecule has 0 atom stereocenters. The number of Topliss-reactive ketones (excluding diaryl/α,β-unsaturated/α-hetero) is 1. The predicted molar refractivity (Wildman–Crippen MR) is 80.7 cm³/mol. The average Bonchev–Trinajstić information content (AvgIpc) is 2.68. The molecule has 0 bridgehead atoms. The van der Waals surface area contributed by atoms with E-state index in [1.165, 1.54) is 0 Å². The smallest absolute Gasteiger partial charge is 0.158 e. The molecule has 1 heterocycles. The fourth-order valence-corrected chi connectivity index (χ4v) is 3.37. The molecule has 112 valence electrons. The minimum absolute atomic E-state index is 0.273. The van der Waals surface area contributed by atoms with Crippen LogP contribution in [0.5, 0.6) is 0 Å². The van der Waals surface area contributed by atoms with Crippen LogP contribution in [-0.2, 0) is 18.3 Å². The first-order valence-corrected chi connectivity index (χ1v) is 7.55. The van der Waals surface area contributed by atoms with Gasteiger partial charge in [-0.3, -0.25) is 14.4 Å². The second-order valence-corrected chi connectivity index (χ2v) is 6.61. The van der Waals surface area contributed by atoms with E-state index in [4.69, 9.17) is 0 Å². The molecule has 1 aromatic rings. The zero-order chi connectivity index (χ0) is 14.9. The minimum atomic E-state index is -0.273. The molecular formula is C16H27N3O. The zero-order valence-electron chi connectivity index (χ0n) is 13.4. The van der Waals surface area contributed by atoms with E-state index in [0.717, 1.165) is 43.0 Å². The summed E-state index contributed by atoms with van der Waals surface area (Å²) in [6.07, 6.45) is 4.75. The Labute approximate surface area is 122 Å². The Morgan fingerprint density at radius 1 is 1.45 bits per heavy atom. The van der Waals surface area contributed by atoms with Gasteiger partial charge in [0.25, 0.3) is 0 Å². The van der Waals surface area contributed by atoms with Crippen LogP contribution in [0.4, 0.5) is 0 Å². The molecule has 0 spiro atoms. The van der Waals surface area contributed by atoms with Gasteiger partial charge in [0.2, 0.25) is 0 Å². The summed E-state index contributed by atoms with van der Waals surface area (Å²) in [5.41, 5.74) is 1.73. The van der Waals surface area contributed by atoms with Crippen LogP contribution in [0.15, 0.2) is 6.07 Å². The average molecular weight is 277 g/mol. The molecule has 0 saturated heterocycles. The molecule has 4 heteroatoms. The van der Waals surface area contributed by atoms with Crippen LogP contribution in [0.25, 0.3) is 0 Å². The van der Waals surface area contributed by atoms with Gasteiger partial charge >= 0.3 is 0 Å². The number of ketones is 1. The number of nitrogens with zero attached hydrogens (tertiary/aromatic N) is 3. The van der Waals surface area contributed by atoms with Gasteiger partial charge in [-0.05, 0) is 58.7 Å². The van der Waals surface area contributed by atoms with Gasteiger partial charge < -0.3 is 0 Å². The van der Waals surface area contributed by atoms with Gasteiger partial charge in [0.05, 0.1) is 17.7 Å². The van der Waals surface area contributed by atoms with Gasteiger partial charge in [0, 0.05) is 12.7 Å². The summed E-state index contributed by atoms with van der Waals surface area (Å²) in [6, 6.07) is 2.02. The van der Waals surface area contributed by atoms with E-state index in [1.807, 2.05) is 38.8 Å². The third-order valence-corrected chi connectivity index (χ3v) is 4.92. The topological polar surface area (TPSA) is 38.1 Å². The summed E-state index contributed by atoms with van der Waals surface area (Å²) < 4.78 is 1.84. The van der Waals surface area contributed by atoms with E-state index in [-0.39, 0.29) is 5.54 Å². The molecule has 1 fully saturated rings. The SMILES string of the molecule is Cc1cc(CC(=O)C2(N(C)C)CCC(C)CC2)n(C)n1. The van der Waals surface area contributed by atoms with E-state index in [2.05, 4.69) is 16.9 Å². The number of aryl methyl sites for hydroxylation is 2. The Morgan fingerprint density at radius 2 is 2.05 bits per heavy atom. The van der Waals surface area contributed by atoms with Crippen molar-refractivity contribution in [2.45, 2.75) is 51.5 Å². The molecule has 0 radical (unpaired) electrons. The Bertz CT molecular complexity index is 482. The first kappa shape index (κ1) is 15.2. The quantitative estimate of drug-likeness (QED) is 0.848. The van der Waals surface area contributed by atoms with E-state index in [0.29, 0.717) is 12.2 Å². The van der Waals surface area contributed by atoms with Crippen molar-refractivity contribution in [3.05, 3.63) is 17.5 Å². The highest BCUT2D eigenvalue weighted by Gasteiger charge is 2.42. The van der Waals surface area contributed by atoms with Crippen LogP contribution >= 0.6 is 0 Å². The summed E-state index contributed by atoms with van der Waals surface area (Å²) in [5.74, 6) is 1.09. The van der Waals surface area contributed by atoms with Gasteiger partial charge in [0.1, 0.15) is 0 Å². The first-order valence-electron chi connectivity index (χ1n) is 7.55. The van der Waals surface area contributed by atoms with Crippen molar-refractivity contribution in [2.75, 3.05) is 14.1 Å². The van der Waals surface area contributed by atoms with E-state index >= 15 is 0 Å². The normalized spacial score (nSPS) is 27.0. The van der Waals surface area contributed by atoms with Crippen LogP contribution in [-0.4, -0.2) is 40.1 Å². The van der Waals surface area contributed by atoms with Crippen molar-refractivity contribution in [3.8, 4) is 0 Å². The monoisotopic (exact) mass is 277 g/mol. The zero-order valence-corrected chi connectivity index (χ0v) is 13.4. The first-order chi connectivity index (χ1) is 9.35. The molecule has 0 aromatic carbocycles. The van der Waals surface area contributed by atoms with Crippen molar-refractivity contribution in [1.82, 2.24) is 14.7 Å². The van der Waals surface area contributed by atoms with E-state index in [1.54, 1.807) is 0 Å². The van der Waals surface area contributed by atoms with Gasteiger partial charge in [0.15, 0.2) is 5.78 Å². The Hall–Kier alpha value is -1.16. The number of carbonyl (C=O) groups is 1. The Balaban J connectivity index is 2.18. The maximum Gasteiger partial charge on any atom is 0.158 e. The number of carbonyl (C=O) groups excluding carboxylic acids is 1. The largest absolute Gasteiger partial charge is 0.297 e. The summed E-state index contributed by atoms with van der Waals surface area (Å²) in [4.78, 5) is 15.1. The van der Waals surface area contributed by atoms with Gasteiger partial charge in [-0.1, -0.05) is 6.92 Å². The van der Waals surface area contributed by atoms with Crippen LogP contribution < -0.4 is 0 Å². The summed E-state index contributed by atoms with van der Waals surface area (Å²) in [5, 5.41) is 4.34. The van der Waals surface area contributed by atoms with Crippen molar-refractivity contribution < 1.29 is 4.79 Å². The molecule has 1 saturated carbocycles. The highest BCUT2D eigenvalue weighted by Crippen LogP contribution is 2.36. The molecule has 0 unspecified atom stereocenters. The number of rotatable bonds is 4. The molecule has 0 amide bonds. The van der Waals surface area contributed by atoms with Crippen molar-refractivity contribution >= 4 is 5.78 Å². The lowest BCUT2D eigenvalue weighted by molar-refractivity contribution is -0.131. The highest BCUT2D eigenvalue weighted by atomic mass is 16.1. The molecule has 0 N–H and O–H groups in total. The molecule has 1 aromatic heterocycles. The fraction of sp³-hybridized carbons (Fsp3) is 0.750. The summed E-state index contributed by atoms with van der Waals surface area (Å²) >= 11 is 0. The third-order valence-electron chi connectivity index (χ3n) is 4.92. The lowest BCUT2D eigenvalue weighted by Gasteiger charge is -2.43. The third kappa shape index (κ3) is 2.80. The molecular weight excluding hydrogens is 250 g/mol. The van der Waals surface area contributed by atoms with Crippen LogP contribution in [0.1, 0.15) is 44.0 Å². The molecule has 1 aliphatic carbocycles. The lowest BCUT2D eigenvalue weighted by Crippen LogP contribution is -2.53. The molecule has 20 heavy (non-hydrogen) atoms. The number of hydrogen-bond acceptors (Lipinski definition) is 3. The molecule has 0 aliphatic heterocycles. The van der Waals surface area contributed by atoms with Crippen LogP contribution in [0, 0.1) is 12.8 Å². The molecule has 4 nitrogen and oxygen atoms in total. The second kappa shape index (κ2) is 5.68. The maximum absolute atomic E-state index is 12.9. The van der Waals surface area contributed by atoms with Gasteiger partial charge in [-0.15, -0.1) is 0 Å². The van der Waals surface area contributed by atoms with Gasteiger partial charge in [-0.2, -0.15) is 5.10 Å². The fourth-order valence-electron chi connectivity index (χ4n) is 3.37. The standard InChI is InChI=1S/C16H27N3O/c1-12-6-8-16(9-7-12,18(3)4)15(20)11-14-10-13(2)17-19(14)5/h10,12H,6-9,11H2,1-5H3. The summed E-state index contributed by atoms with van der Waals surface area (Å²) in [7, 11) is 6.01. The van der Waals surface area contributed by atoms with Crippen LogP contribution in [0.3, 0.4) is 0 Å². The Morgan fingerprint density at radius 3 is 2.50 bits per heavy atom. The number of aromatic nitrogens is 2. The number of likely N-dealkylation sites (N-methyl/N-ethyl adjacent to an activating group) is 1. The van der Waals surface area contributed by atoms with E-state index in [9.17, 15) is 4.79 Å². The maximum atomic E-state index is 12.9. The Kier molecular flexibility index (Phi) is 4.33. The van der Waals surface area contributed by atoms with Crippen LogP contribution in [0.2, 0.25) is 0 Å². The minimum Gasteiger partial charge on any atom is -0.297 e. The van der Waals surface area contributed by atoms with E-state index < -0.39 is 0 Å². The lowest BCUT2D eigenvalue weighted by atomic mass is 9.73. The van der Waals surface area contributed by atoms with Gasteiger partial charge in [-0.25, -0.2) is 0 Å². The molecule has 2 rings (SSSR count). The second-order valence-electron chi connectivity index (χ2n) is 6.61. The molecule has 1 aliphatic rings. The van der Waals surface area contributed by atoms with Crippen molar-refractivity contribution in [2.24, 2.45) is 13.0 Å². The summed E-state index contributed by atoms with van der Waals surface area (Å²) in [6.45, 7) is 4.26. The van der Waals surface area contributed by atoms with Crippen molar-refractivity contribution in [3.63, 3.8) is 0 Å². The number of hydrogen-bond donors (Lipinski definition) is 0. The predicted octanol–water partition coefficient (Wildman–Crippen LogP) is 2.35. The highest BCUT2D eigenvalue weighted by molar-refractivity contribution is 5.90.